The van der Waals surface area contributed by atoms with Crippen molar-refractivity contribution in [3.8, 4) is 0 Å². The van der Waals surface area contributed by atoms with Crippen LogP contribution in [0.3, 0.4) is 0 Å². The highest BCUT2D eigenvalue weighted by atomic mass is 16.2. The Balaban J connectivity index is 1.40. The summed E-state index contributed by atoms with van der Waals surface area (Å²) in [5.74, 6) is -0.0500. The number of anilines is 2. The van der Waals surface area contributed by atoms with Gasteiger partial charge in [-0.15, -0.1) is 0 Å². The van der Waals surface area contributed by atoms with Gasteiger partial charge in [-0.25, -0.2) is 0 Å². The highest BCUT2D eigenvalue weighted by Gasteiger charge is 2.57. The molecule has 2 fully saturated rings. The Morgan fingerprint density at radius 1 is 1.04 bits per heavy atom. The van der Waals surface area contributed by atoms with Gasteiger partial charge in [-0.1, -0.05) is 6.07 Å². The number of pyridine rings is 1. The number of piperidine rings is 1. The van der Waals surface area contributed by atoms with Crippen molar-refractivity contribution in [2.75, 3.05) is 23.7 Å². The van der Waals surface area contributed by atoms with E-state index in [0.717, 1.165) is 32.4 Å². The molecule has 1 spiro atoms. The topological polar surface area (TPSA) is 83.1 Å². The summed E-state index contributed by atoms with van der Waals surface area (Å²) >= 11 is 0. The van der Waals surface area contributed by atoms with Gasteiger partial charge >= 0.3 is 0 Å². The quantitative estimate of drug-likeness (QED) is 0.792. The molecule has 0 radical (unpaired) electrons. The van der Waals surface area contributed by atoms with Gasteiger partial charge < -0.3 is 16.0 Å². The molecule has 1 saturated carbocycles. The van der Waals surface area contributed by atoms with Crippen LogP contribution in [-0.4, -0.2) is 29.9 Å². The Bertz CT molecular complexity index is 816. The molecule has 0 bridgehead atoms. The van der Waals surface area contributed by atoms with Gasteiger partial charge in [0, 0.05) is 35.2 Å². The number of amides is 2. The maximum absolute atomic E-state index is 12.6. The summed E-state index contributed by atoms with van der Waals surface area (Å²) in [6.45, 7) is 1.99. The summed E-state index contributed by atoms with van der Waals surface area (Å²) in [5.41, 5.74) is 2.05. The molecule has 1 atom stereocenters. The molecule has 134 valence electrons. The maximum Gasteiger partial charge on any atom is 0.255 e. The minimum absolute atomic E-state index is 0.0681. The lowest BCUT2D eigenvalue weighted by molar-refractivity contribution is -0.118. The average Bonchev–Trinajstić information content (AvgIpc) is 3.36. The summed E-state index contributed by atoms with van der Waals surface area (Å²) in [5, 5.41) is 9.16. The average molecular weight is 350 g/mol. The molecule has 2 aromatic rings. The molecule has 2 aliphatic rings. The van der Waals surface area contributed by atoms with Crippen molar-refractivity contribution in [1.29, 1.82) is 0 Å². The minimum Gasteiger partial charge on any atom is -0.326 e. The van der Waals surface area contributed by atoms with Crippen LogP contribution in [0, 0.1) is 11.3 Å². The Morgan fingerprint density at radius 2 is 1.81 bits per heavy atom. The third-order valence-corrected chi connectivity index (χ3v) is 5.44. The molecule has 1 saturated heterocycles. The summed E-state index contributed by atoms with van der Waals surface area (Å²) in [6.07, 6.45) is 6.36. The van der Waals surface area contributed by atoms with E-state index in [9.17, 15) is 9.59 Å². The molecular formula is C20H22N4O2. The van der Waals surface area contributed by atoms with Crippen LogP contribution in [0.1, 0.15) is 29.6 Å². The van der Waals surface area contributed by atoms with E-state index in [1.165, 1.54) is 0 Å². The number of hydrogen-bond donors (Lipinski definition) is 3. The summed E-state index contributed by atoms with van der Waals surface area (Å²) < 4.78 is 0. The van der Waals surface area contributed by atoms with E-state index in [1.807, 2.05) is 6.07 Å². The van der Waals surface area contributed by atoms with Crippen LogP contribution in [0.2, 0.25) is 0 Å². The first-order chi connectivity index (χ1) is 12.7. The van der Waals surface area contributed by atoms with E-state index in [0.29, 0.717) is 16.9 Å². The Labute approximate surface area is 152 Å². The number of carbonyl (C=O) groups is 2. The van der Waals surface area contributed by atoms with Crippen molar-refractivity contribution in [2.24, 2.45) is 11.3 Å². The van der Waals surface area contributed by atoms with Crippen molar-refractivity contribution < 1.29 is 9.59 Å². The van der Waals surface area contributed by atoms with Crippen molar-refractivity contribution in [3.05, 3.63) is 54.4 Å². The highest BCUT2D eigenvalue weighted by Crippen LogP contribution is 2.58. The SMILES string of the molecule is O=C(Nc1ccncc1)c1cccc(NC(=O)C2CC23CCNCC3)c1. The number of rotatable bonds is 4. The fourth-order valence-electron chi connectivity index (χ4n) is 3.80. The molecule has 1 aromatic heterocycles. The monoisotopic (exact) mass is 350 g/mol. The van der Waals surface area contributed by atoms with Crippen LogP contribution in [0.4, 0.5) is 11.4 Å². The third kappa shape index (κ3) is 3.46. The number of benzene rings is 1. The molecule has 1 aliphatic carbocycles. The summed E-state index contributed by atoms with van der Waals surface area (Å²) in [6, 6.07) is 10.5. The van der Waals surface area contributed by atoms with E-state index in [-0.39, 0.29) is 23.1 Å². The second-order valence-corrected chi connectivity index (χ2v) is 7.13. The second-order valence-electron chi connectivity index (χ2n) is 7.13. The molecule has 1 aromatic carbocycles. The predicted octanol–water partition coefficient (Wildman–Crippen LogP) is 2.66. The highest BCUT2D eigenvalue weighted by molar-refractivity contribution is 6.05. The fourth-order valence-corrected chi connectivity index (χ4v) is 3.80. The molecular weight excluding hydrogens is 328 g/mol. The van der Waals surface area contributed by atoms with Crippen molar-refractivity contribution in [3.63, 3.8) is 0 Å². The Kier molecular flexibility index (Phi) is 4.42. The normalized spacial score (nSPS) is 20.4. The van der Waals surface area contributed by atoms with E-state index < -0.39 is 0 Å². The van der Waals surface area contributed by atoms with Crippen molar-refractivity contribution in [2.45, 2.75) is 19.3 Å². The standard InChI is InChI=1S/C20H22N4O2/c25-18(23-15-4-8-21-9-5-15)14-2-1-3-16(12-14)24-19(26)17-13-20(17)6-10-22-11-7-20/h1-5,8-9,12,17,22H,6-7,10-11,13H2,(H,24,26)(H,21,23,25). The first kappa shape index (κ1) is 16.7. The molecule has 4 rings (SSSR count). The van der Waals surface area contributed by atoms with E-state index in [2.05, 4.69) is 20.9 Å². The first-order valence-electron chi connectivity index (χ1n) is 8.99. The minimum atomic E-state index is -0.214. The number of aromatic nitrogens is 1. The molecule has 6 heteroatoms. The maximum atomic E-state index is 12.6. The van der Waals surface area contributed by atoms with Gasteiger partial charge in [0.15, 0.2) is 0 Å². The molecule has 3 N–H and O–H groups in total. The van der Waals surface area contributed by atoms with Gasteiger partial charge in [-0.05, 0) is 68.1 Å². The van der Waals surface area contributed by atoms with Gasteiger partial charge in [0.1, 0.15) is 0 Å². The van der Waals surface area contributed by atoms with Crippen LogP contribution in [0.25, 0.3) is 0 Å². The van der Waals surface area contributed by atoms with Gasteiger partial charge in [-0.2, -0.15) is 0 Å². The molecule has 1 unspecified atom stereocenters. The van der Waals surface area contributed by atoms with E-state index >= 15 is 0 Å². The van der Waals surface area contributed by atoms with Crippen LogP contribution >= 0.6 is 0 Å². The van der Waals surface area contributed by atoms with Crippen LogP contribution in [0.15, 0.2) is 48.8 Å². The zero-order chi connectivity index (χ0) is 18.0. The van der Waals surface area contributed by atoms with Gasteiger partial charge in [0.25, 0.3) is 5.91 Å². The van der Waals surface area contributed by atoms with E-state index in [1.54, 1.807) is 42.7 Å². The number of nitrogens with zero attached hydrogens (tertiary/aromatic N) is 1. The van der Waals surface area contributed by atoms with Crippen LogP contribution in [0.5, 0.6) is 0 Å². The molecule has 26 heavy (non-hydrogen) atoms. The van der Waals surface area contributed by atoms with E-state index in [4.69, 9.17) is 0 Å². The van der Waals surface area contributed by atoms with Gasteiger partial charge in [0.2, 0.25) is 5.91 Å². The number of carbonyl (C=O) groups excluding carboxylic acids is 2. The lowest BCUT2D eigenvalue weighted by Gasteiger charge is -2.23. The molecule has 2 amide bonds. The lowest BCUT2D eigenvalue weighted by atomic mass is 9.92. The first-order valence-corrected chi connectivity index (χ1v) is 8.99. The molecule has 2 heterocycles. The summed E-state index contributed by atoms with van der Waals surface area (Å²) in [7, 11) is 0. The summed E-state index contributed by atoms with van der Waals surface area (Å²) in [4.78, 5) is 28.9. The number of nitrogens with one attached hydrogen (secondary N) is 3. The molecule has 1 aliphatic heterocycles. The zero-order valence-corrected chi connectivity index (χ0v) is 14.5. The largest absolute Gasteiger partial charge is 0.326 e. The zero-order valence-electron chi connectivity index (χ0n) is 14.5. The van der Waals surface area contributed by atoms with Gasteiger partial charge in [-0.3, -0.25) is 14.6 Å². The number of hydrogen-bond acceptors (Lipinski definition) is 4. The lowest BCUT2D eigenvalue weighted by Crippen LogP contribution is -2.31. The Morgan fingerprint density at radius 3 is 2.58 bits per heavy atom. The van der Waals surface area contributed by atoms with Crippen LogP contribution < -0.4 is 16.0 Å². The predicted molar refractivity (Wildman–Crippen MR) is 99.9 cm³/mol. The Hall–Kier alpha value is -2.73. The molecule has 6 nitrogen and oxygen atoms in total. The van der Waals surface area contributed by atoms with Gasteiger partial charge in [0.05, 0.1) is 0 Å². The van der Waals surface area contributed by atoms with Crippen molar-refractivity contribution >= 4 is 23.2 Å². The van der Waals surface area contributed by atoms with Crippen molar-refractivity contribution in [1.82, 2.24) is 10.3 Å². The second kappa shape index (κ2) is 6.88. The fraction of sp³-hybridized carbons (Fsp3) is 0.350. The third-order valence-electron chi connectivity index (χ3n) is 5.44. The smallest absolute Gasteiger partial charge is 0.255 e. The van der Waals surface area contributed by atoms with Crippen LogP contribution in [-0.2, 0) is 4.79 Å².